The molecule has 0 aliphatic rings. The third kappa shape index (κ3) is 1.80. The number of aromatic nitrogens is 1. The summed E-state index contributed by atoms with van der Waals surface area (Å²) < 4.78 is 0. The Bertz CT molecular complexity index is 569. The molecule has 0 aliphatic heterocycles. The number of benzene rings is 1. The molecule has 2 nitrogen and oxygen atoms in total. The lowest BCUT2D eigenvalue weighted by molar-refractivity contribution is 1.29. The summed E-state index contributed by atoms with van der Waals surface area (Å²) in [6, 6.07) is 6.11. The smallest absolute Gasteiger partial charge is 0.163 e. The second kappa shape index (κ2) is 3.89. The molecule has 0 unspecified atom stereocenters. The molecule has 0 radical (unpaired) electrons. The first-order valence-corrected chi connectivity index (χ1v) is 5.07. The van der Waals surface area contributed by atoms with E-state index in [-0.39, 0.29) is 0 Å². The Labute approximate surface area is 93.7 Å². The second-order valence-electron chi connectivity index (χ2n) is 3.47. The van der Waals surface area contributed by atoms with Gasteiger partial charge in [0.2, 0.25) is 0 Å². The van der Waals surface area contributed by atoms with Gasteiger partial charge in [-0.2, -0.15) is 4.99 Å². The van der Waals surface area contributed by atoms with Crippen LogP contribution in [0.5, 0.6) is 0 Å². The number of fused-ring (bicyclic) bond motifs is 1. The highest BCUT2D eigenvalue weighted by Crippen LogP contribution is 2.23. The standard InChI is InChI=1S/C12H10N2S/c1-8-3-4-10-6-13-12(14-7-15)5-11(10)9(8)2/h3-6H,1-2H3. The Kier molecular flexibility index (Phi) is 2.58. The molecule has 0 saturated heterocycles. The van der Waals surface area contributed by atoms with Gasteiger partial charge in [0.25, 0.3) is 0 Å². The number of hydrogen-bond donors (Lipinski definition) is 0. The van der Waals surface area contributed by atoms with Crippen molar-refractivity contribution in [3.8, 4) is 0 Å². The van der Waals surface area contributed by atoms with E-state index < -0.39 is 0 Å². The van der Waals surface area contributed by atoms with Gasteiger partial charge in [0.1, 0.15) is 0 Å². The molecular weight excluding hydrogens is 204 g/mol. The molecule has 74 valence electrons. The van der Waals surface area contributed by atoms with E-state index in [0.717, 1.165) is 5.39 Å². The van der Waals surface area contributed by atoms with Crippen molar-refractivity contribution in [3.05, 3.63) is 35.5 Å². The van der Waals surface area contributed by atoms with Gasteiger partial charge in [-0.25, -0.2) is 4.98 Å². The zero-order chi connectivity index (χ0) is 10.8. The van der Waals surface area contributed by atoms with Crippen LogP contribution in [0.4, 0.5) is 5.82 Å². The van der Waals surface area contributed by atoms with Crippen LogP contribution in [0.2, 0.25) is 0 Å². The number of aryl methyl sites for hydroxylation is 2. The molecule has 0 spiro atoms. The van der Waals surface area contributed by atoms with Crippen LogP contribution in [0.15, 0.2) is 29.4 Å². The van der Waals surface area contributed by atoms with Crippen molar-refractivity contribution >= 4 is 34.0 Å². The average Bonchev–Trinajstić information content (AvgIpc) is 2.25. The fraction of sp³-hybridized carbons (Fsp3) is 0.167. The second-order valence-corrected chi connectivity index (χ2v) is 3.66. The van der Waals surface area contributed by atoms with E-state index in [1.807, 2.05) is 12.3 Å². The van der Waals surface area contributed by atoms with E-state index in [1.54, 1.807) is 0 Å². The fourth-order valence-electron chi connectivity index (χ4n) is 1.57. The van der Waals surface area contributed by atoms with Crippen LogP contribution in [0.25, 0.3) is 10.8 Å². The van der Waals surface area contributed by atoms with Crippen molar-refractivity contribution in [3.63, 3.8) is 0 Å². The summed E-state index contributed by atoms with van der Waals surface area (Å²) in [6.07, 6.45) is 1.81. The molecule has 15 heavy (non-hydrogen) atoms. The molecule has 1 heterocycles. The Balaban J connectivity index is 2.78. The lowest BCUT2D eigenvalue weighted by Gasteiger charge is -2.05. The quantitative estimate of drug-likeness (QED) is 0.535. The van der Waals surface area contributed by atoms with Gasteiger partial charge in [-0.15, -0.1) is 0 Å². The summed E-state index contributed by atoms with van der Waals surface area (Å²) in [5, 5.41) is 4.63. The molecule has 3 heteroatoms. The number of hydrogen-bond acceptors (Lipinski definition) is 3. The topological polar surface area (TPSA) is 25.2 Å². The van der Waals surface area contributed by atoms with Gasteiger partial charge < -0.3 is 0 Å². The van der Waals surface area contributed by atoms with Crippen LogP contribution >= 0.6 is 12.2 Å². The lowest BCUT2D eigenvalue weighted by atomic mass is 10.0. The maximum absolute atomic E-state index is 4.56. The number of nitrogens with zero attached hydrogens (tertiary/aromatic N) is 2. The summed E-state index contributed by atoms with van der Waals surface area (Å²) in [5.41, 5.74) is 2.53. The van der Waals surface area contributed by atoms with E-state index in [0.29, 0.717) is 5.82 Å². The number of aliphatic imine (C=N–C) groups is 1. The Morgan fingerprint density at radius 2 is 2.13 bits per heavy atom. The Morgan fingerprint density at radius 1 is 1.33 bits per heavy atom. The third-order valence-electron chi connectivity index (χ3n) is 2.59. The van der Waals surface area contributed by atoms with Gasteiger partial charge in [-0.1, -0.05) is 12.1 Å². The molecule has 0 fully saturated rings. The number of pyridine rings is 1. The third-order valence-corrected chi connectivity index (χ3v) is 2.68. The van der Waals surface area contributed by atoms with Crippen molar-refractivity contribution in [2.24, 2.45) is 4.99 Å². The zero-order valence-corrected chi connectivity index (χ0v) is 9.43. The van der Waals surface area contributed by atoms with Crippen molar-refractivity contribution in [2.45, 2.75) is 13.8 Å². The van der Waals surface area contributed by atoms with Gasteiger partial charge in [-0.3, -0.25) is 0 Å². The minimum Gasteiger partial charge on any atom is -0.236 e. The van der Waals surface area contributed by atoms with Crippen LogP contribution in [0, 0.1) is 13.8 Å². The summed E-state index contributed by atoms with van der Waals surface area (Å²) in [6.45, 7) is 4.19. The van der Waals surface area contributed by atoms with Crippen molar-refractivity contribution in [1.29, 1.82) is 0 Å². The maximum Gasteiger partial charge on any atom is 0.163 e. The lowest BCUT2D eigenvalue weighted by Crippen LogP contribution is -1.84. The number of thiocarbonyl (C=S) groups is 1. The van der Waals surface area contributed by atoms with Crippen LogP contribution in [0.3, 0.4) is 0 Å². The first kappa shape index (κ1) is 9.97. The van der Waals surface area contributed by atoms with Crippen molar-refractivity contribution < 1.29 is 0 Å². The van der Waals surface area contributed by atoms with Gasteiger partial charge in [0.15, 0.2) is 5.82 Å². The summed E-state index contributed by atoms with van der Waals surface area (Å²) in [7, 11) is 0. The largest absolute Gasteiger partial charge is 0.236 e. The van der Waals surface area contributed by atoms with E-state index in [1.165, 1.54) is 16.5 Å². The van der Waals surface area contributed by atoms with Crippen LogP contribution < -0.4 is 0 Å². The monoisotopic (exact) mass is 214 g/mol. The molecule has 2 aromatic rings. The molecule has 1 aromatic heterocycles. The average molecular weight is 214 g/mol. The van der Waals surface area contributed by atoms with Crippen LogP contribution in [-0.4, -0.2) is 10.1 Å². The predicted octanol–water partition coefficient (Wildman–Crippen LogP) is 3.59. The Hall–Kier alpha value is -1.57. The summed E-state index contributed by atoms with van der Waals surface area (Å²) in [4.78, 5) is 8.05. The molecule has 0 bridgehead atoms. The van der Waals surface area contributed by atoms with Gasteiger partial charge in [0, 0.05) is 11.6 Å². The predicted molar refractivity (Wildman–Crippen MR) is 65.9 cm³/mol. The fourth-order valence-corrected chi connectivity index (χ4v) is 1.67. The highest BCUT2D eigenvalue weighted by Gasteiger charge is 2.01. The number of rotatable bonds is 1. The van der Waals surface area contributed by atoms with E-state index in [4.69, 9.17) is 0 Å². The molecule has 0 N–H and O–H groups in total. The van der Waals surface area contributed by atoms with Crippen LogP contribution in [-0.2, 0) is 0 Å². The summed E-state index contributed by atoms with van der Waals surface area (Å²) >= 11 is 4.56. The van der Waals surface area contributed by atoms with Crippen molar-refractivity contribution in [1.82, 2.24) is 4.98 Å². The maximum atomic E-state index is 4.56. The molecule has 0 saturated carbocycles. The molecule has 1 aromatic carbocycles. The first-order chi connectivity index (χ1) is 7.22. The van der Waals surface area contributed by atoms with E-state index in [2.05, 4.69) is 53.3 Å². The highest BCUT2D eigenvalue weighted by atomic mass is 32.1. The minimum absolute atomic E-state index is 0.617. The highest BCUT2D eigenvalue weighted by molar-refractivity contribution is 7.78. The van der Waals surface area contributed by atoms with Gasteiger partial charge in [0.05, 0.1) is 5.16 Å². The summed E-state index contributed by atoms with van der Waals surface area (Å²) in [5.74, 6) is 0.617. The molecule has 0 atom stereocenters. The van der Waals surface area contributed by atoms with Crippen molar-refractivity contribution in [2.75, 3.05) is 0 Å². The van der Waals surface area contributed by atoms with E-state index in [9.17, 15) is 0 Å². The molecule has 0 aliphatic carbocycles. The minimum atomic E-state index is 0.617. The van der Waals surface area contributed by atoms with E-state index >= 15 is 0 Å². The van der Waals surface area contributed by atoms with Gasteiger partial charge >= 0.3 is 0 Å². The normalized spacial score (nSPS) is 10.0. The number of isothiocyanates is 1. The zero-order valence-electron chi connectivity index (χ0n) is 8.61. The van der Waals surface area contributed by atoms with Gasteiger partial charge in [-0.05, 0) is 48.6 Å². The molecular formula is C12H10N2S. The molecule has 0 amide bonds. The first-order valence-electron chi connectivity index (χ1n) is 4.66. The molecule has 2 rings (SSSR count). The Morgan fingerprint density at radius 3 is 2.87 bits per heavy atom. The SMILES string of the molecule is Cc1ccc2cnc(N=C=S)cc2c1C. The van der Waals surface area contributed by atoms with Crippen LogP contribution in [0.1, 0.15) is 11.1 Å².